The summed E-state index contributed by atoms with van der Waals surface area (Å²) in [6, 6.07) is 4.81. The number of ether oxygens (including phenoxy) is 1. The van der Waals surface area contributed by atoms with Crippen LogP contribution in [0.1, 0.15) is 18.9 Å². The number of hydrogen-bond acceptors (Lipinski definition) is 4. The Morgan fingerprint density at radius 1 is 1.47 bits per heavy atom. The van der Waals surface area contributed by atoms with E-state index in [2.05, 4.69) is 5.32 Å². The molecular weight excluding hydrogens is 248 g/mol. The first kappa shape index (κ1) is 14.8. The van der Waals surface area contributed by atoms with Gasteiger partial charge in [-0.3, -0.25) is 9.59 Å². The molecule has 0 saturated heterocycles. The lowest BCUT2D eigenvalue weighted by molar-refractivity contribution is -0.128. The van der Waals surface area contributed by atoms with Crippen molar-refractivity contribution < 1.29 is 19.4 Å². The molecule has 0 aliphatic carbocycles. The van der Waals surface area contributed by atoms with Crippen molar-refractivity contribution >= 4 is 11.8 Å². The Labute approximate surface area is 111 Å². The van der Waals surface area contributed by atoms with Gasteiger partial charge in [-0.2, -0.15) is 0 Å². The first-order valence-electron chi connectivity index (χ1n) is 5.86. The van der Waals surface area contributed by atoms with Gasteiger partial charge in [-0.1, -0.05) is 6.92 Å². The summed E-state index contributed by atoms with van der Waals surface area (Å²) in [5.41, 5.74) is 5.65. The van der Waals surface area contributed by atoms with Gasteiger partial charge in [-0.15, -0.1) is 0 Å². The highest BCUT2D eigenvalue weighted by Crippen LogP contribution is 2.23. The van der Waals surface area contributed by atoms with Crippen molar-refractivity contribution in [2.45, 2.75) is 19.9 Å². The Kier molecular flexibility index (Phi) is 5.17. The van der Waals surface area contributed by atoms with Crippen LogP contribution in [0.2, 0.25) is 0 Å². The zero-order valence-electron chi connectivity index (χ0n) is 11.0. The number of carbonyl (C=O) groups is 2. The Morgan fingerprint density at radius 3 is 2.68 bits per heavy atom. The van der Waals surface area contributed by atoms with Crippen LogP contribution in [-0.2, 0) is 16.1 Å². The molecule has 0 bridgehead atoms. The summed E-state index contributed by atoms with van der Waals surface area (Å²) in [6.07, 6.45) is 0.0340. The Morgan fingerprint density at radius 2 is 2.16 bits per heavy atom. The maximum Gasteiger partial charge on any atom is 0.221 e. The van der Waals surface area contributed by atoms with E-state index in [-0.39, 0.29) is 24.6 Å². The lowest BCUT2D eigenvalue weighted by Gasteiger charge is -2.10. The number of nitrogens with one attached hydrogen (secondary N) is 1. The molecule has 0 spiro atoms. The molecule has 19 heavy (non-hydrogen) atoms. The van der Waals surface area contributed by atoms with Crippen molar-refractivity contribution in [2.75, 3.05) is 7.11 Å². The van der Waals surface area contributed by atoms with Gasteiger partial charge in [-0.05, 0) is 12.1 Å². The van der Waals surface area contributed by atoms with Crippen LogP contribution in [0.5, 0.6) is 11.5 Å². The van der Waals surface area contributed by atoms with Crippen LogP contribution in [0.4, 0.5) is 0 Å². The number of aromatic hydroxyl groups is 1. The van der Waals surface area contributed by atoms with Crippen LogP contribution in [0.15, 0.2) is 18.2 Å². The van der Waals surface area contributed by atoms with Gasteiger partial charge in [0.25, 0.3) is 0 Å². The summed E-state index contributed by atoms with van der Waals surface area (Å²) in [5, 5.41) is 12.3. The maximum absolute atomic E-state index is 11.5. The second kappa shape index (κ2) is 6.63. The van der Waals surface area contributed by atoms with E-state index in [1.807, 2.05) is 0 Å². The average Bonchev–Trinajstić information content (AvgIpc) is 2.36. The number of amides is 2. The number of rotatable bonds is 6. The standard InChI is InChI=1S/C13H18N2O4/c1-8(13(14)18)5-12(17)15-7-9-3-4-10(19-2)6-11(9)16/h3-4,6,8,16H,5,7H2,1-2H3,(H2,14,18)(H,15,17). The summed E-state index contributed by atoms with van der Waals surface area (Å²) in [7, 11) is 1.50. The summed E-state index contributed by atoms with van der Waals surface area (Å²) in [6.45, 7) is 1.77. The van der Waals surface area contributed by atoms with Crippen molar-refractivity contribution in [3.63, 3.8) is 0 Å². The zero-order chi connectivity index (χ0) is 14.4. The Hall–Kier alpha value is -2.24. The molecule has 1 rings (SSSR count). The summed E-state index contributed by atoms with van der Waals surface area (Å²) in [4.78, 5) is 22.4. The van der Waals surface area contributed by atoms with E-state index in [9.17, 15) is 14.7 Å². The molecule has 0 aliphatic rings. The SMILES string of the molecule is COc1ccc(CNC(=O)CC(C)C(N)=O)c(O)c1. The molecule has 6 heteroatoms. The normalized spacial score (nSPS) is 11.7. The molecule has 1 unspecified atom stereocenters. The van der Waals surface area contributed by atoms with E-state index < -0.39 is 11.8 Å². The van der Waals surface area contributed by atoms with Crippen molar-refractivity contribution in [3.8, 4) is 11.5 Å². The summed E-state index contributed by atoms with van der Waals surface area (Å²) in [5.74, 6) is -0.731. The van der Waals surface area contributed by atoms with Gasteiger partial charge in [0, 0.05) is 30.5 Å². The number of phenolic OH excluding ortho intramolecular Hbond substituents is 1. The minimum absolute atomic E-state index is 0.0340. The monoisotopic (exact) mass is 266 g/mol. The molecule has 0 heterocycles. The van der Waals surface area contributed by atoms with Crippen LogP contribution in [0, 0.1) is 5.92 Å². The molecule has 1 aromatic carbocycles. The summed E-state index contributed by atoms with van der Waals surface area (Å²) >= 11 is 0. The molecule has 2 amide bonds. The molecule has 0 aliphatic heterocycles. The maximum atomic E-state index is 11.5. The van der Waals surface area contributed by atoms with Crippen LogP contribution in [-0.4, -0.2) is 24.0 Å². The number of phenols is 1. The van der Waals surface area contributed by atoms with Crippen molar-refractivity contribution in [3.05, 3.63) is 23.8 Å². The number of primary amides is 1. The van der Waals surface area contributed by atoms with E-state index in [0.717, 1.165) is 0 Å². The van der Waals surface area contributed by atoms with E-state index in [0.29, 0.717) is 11.3 Å². The molecular formula is C13H18N2O4. The van der Waals surface area contributed by atoms with Crippen LogP contribution in [0.25, 0.3) is 0 Å². The fourth-order valence-electron chi connectivity index (χ4n) is 1.46. The predicted molar refractivity (Wildman–Crippen MR) is 69.5 cm³/mol. The molecule has 4 N–H and O–H groups in total. The zero-order valence-corrected chi connectivity index (χ0v) is 11.0. The van der Waals surface area contributed by atoms with Gasteiger partial charge in [0.1, 0.15) is 11.5 Å². The average molecular weight is 266 g/mol. The number of nitrogens with two attached hydrogens (primary N) is 1. The number of benzene rings is 1. The molecule has 104 valence electrons. The van der Waals surface area contributed by atoms with Crippen molar-refractivity contribution in [1.29, 1.82) is 0 Å². The first-order chi connectivity index (χ1) is 8.93. The molecule has 1 aromatic rings. The lowest BCUT2D eigenvalue weighted by atomic mass is 10.1. The minimum atomic E-state index is -0.512. The van der Waals surface area contributed by atoms with Gasteiger partial charge >= 0.3 is 0 Å². The third-order valence-electron chi connectivity index (χ3n) is 2.75. The largest absolute Gasteiger partial charge is 0.507 e. The predicted octanol–water partition coefficient (Wildman–Crippen LogP) is 0.528. The van der Waals surface area contributed by atoms with Gasteiger partial charge in [0.15, 0.2) is 0 Å². The van der Waals surface area contributed by atoms with E-state index in [1.54, 1.807) is 19.1 Å². The van der Waals surface area contributed by atoms with Crippen LogP contribution in [0.3, 0.4) is 0 Å². The molecule has 1 atom stereocenters. The highest BCUT2D eigenvalue weighted by atomic mass is 16.5. The van der Waals surface area contributed by atoms with Gasteiger partial charge in [0.05, 0.1) is 7.11 Å². The Bertz CT molecular complexity index is 474. The van der Waals surface area contributed by atoms with Gasteiger partial charge < -0.3 is 20.9 Å². The van der Waals surface area contributed by atoms with Crippen molar-refractivity contribution in [2.24, 2.45) is 11.7 Å². The van der Waals surface area contributed by atoms with Crippen LogP contribution >= 0.6 is 0 Å². The quantitative estimate of drug-likeness (QED) is 0.699. The molecule has 6 nitrogen and oxygen atoms in total. The smallest absolute Gasteiger partial charge is 0.221 e. The fourth-order valence-corrected chi connectivity index (χ4v) is 1.46. The van der Waals surface area contributed by atoms with Gasteiger partial charge in [0.2, 0.25) is 11.8 Å². The van der Waals surface area contributed by atoms with Crippen molar-refractivity contribution in [1.82, 2.24) is 5.32 Å². The second-order valence-electron chi connectivity index (χ2n) is 4.28. The van der Waals surface area contributed by atoms with E-state index in [1.165, 1.54) is 13.2 Å². The Balaban J connectivity index is 2.53. The highest BCUT2D eigenvalue weighted by Gasteiger charge is 2.14. The number of carbonyl (C=O) groups excluding carboxylic acids is 2. The molecule has 0 fully saturated rings. The topological polar surface area (TPSA) is 102 Å². The number of methoxy groups -OCH3 is 1. The third-order valence-corrected chi connectivity index (χ3v) is 2.75. The first-order valence-corrected chi connectivity index (χ1v) is 5.86. The minimum Gasteiger partial charge on any atom is -0.507 e. The van der Waals surface area contributed by atoms with Crippen LogP contribution < -0.4 is 15.8 Å². The second-order valence-corrected chi connectivity index (χ2v) is 4.28. The molecule has 0 radical (unpaired) electrons. The highest BCUT2D eigenvalue weighted by molar-refractivity contribution is 5.84. The fraction of sp³-hybridized carbons (Fsp3) is 0.385. The van der Waals surface area contributed by atoms with E-state index in [4.69, 9.17) is 10.5 Å². The molecule has 0 aromatic heterocycles. The lowest BCUT2D eigenvalue weighted by Crippen LogP contribution is -2.29. The number of hydrogen-bond donors (Lipinski definition) is 3. The van der Waals surface area contributed by atoms with Gasteiger partial charge in [-0.25, -0.2) is 0 Å². The summed E-state index contributed by atoms with van der Waals surface area (Å²) < 4.78 is 4.96. The third kappa shape index (κ3) is 4.50. The van der Waals surface area contributed by atoms with E-state index >= 15 is 0 Å². The molecule has 0 saturated carbocycles.